The first-order valence-electron chi connectivity index (χ1n) is 14.8. The maximum Gasteiger partial charge on any atom is 0.223 e. The molecule has 0 aliphatic rings. The monoisotopic (exact) mass is 568 g/mol. The number of hydrogen-bond donors (Lipinski definition) is 7. The number of nitrogens with zero attached hydrogens (tertiary/aromatic N) is 3. The van der Waals surface area contributed by atoms with Crippen LogP contribution in [-0.2, 0) is 14.4 Å². The van der Waals surface area contributed by atoms with Crippen LogP contribution in [0.3, 0.4) is 0 Å². The van der Waals surface area contributed by atoms with Crippen LogP contribution in [-0.4, -0.2) is 86.9 Å². The molecular weight excluding hydrogens is 512 g/mol. The first-order valence-corrected chi connectivity index (χ1v) is 14.8. The molecule has 11 N–H and O–H groups in total. The molecule has 13 heteroatoms. The van der Waals surface area contributed by atoms with Gasteiger partial charge in [0.25, 0.3) is 0 Å². The Kier molecular flexibility index (Phi) is 23.0. The Morgan fingerprint density at radius 2 is 1.23 bits per heavy atom. The van der Waals surface area contributed by atoms with E-state index >= 15 is 0 Å². The number of unbranched alkanes of at least 4 members (excludes halogenated alkanes) is 1. The zero-order valence-corrected chi connectivity index (χ0v) is 24.9. The molecule has 0 aromatic carbocycles. The molecule has 0 aliphatic carbocycles. The smallest absolute Gasteiger partial charge is 0.223 e. The molecule has 40 heavy (non-hydrogen) atoms. The van der Waals surface area contributed by atoms with E-state index in [1.54, 1.807) is 4.90 Å². The highest BCUT2D eigenvalue weighted by molar-refractivity contribution is 5.83. The lowest BCUT2D eigenvalue weighted by Crippen LogP contribution is -2.35. The maximum atomic E-state index is 12.7. The van der Waals surface area contributed by atoms with Gasteiger partial charge in [-0.15, -0.1) is 0 Å². The van der Waals surface area contributed by atoms with Crippen molar-refractivity contribution in [2.75, 3.05) is 52.4 Å². The van der Waals surface area contributed by atoms with E-state index in [0.29, 0.717) is 64.4 Å². The Morgan fingerprint density at radius 3 is 1.73 bits per heavy atom. The summed E-state index contributed by atoms with van der Waals surface area (Å²) in [6.45, 7) is 8.96. The molecule has 0 heterocycles. The second-order valence-electron chi connectivity index (χ2n) is 10.1. The Balaban J connectivity index is 3.98. The van der Waals surface area contributed by atoms with Gasteiger partial charge in [0, 0.05) is 58.5 Å². The van der Waals surface area contributed by atoms with E-state index in [1.807, 2.05) is 0 Å². The van der Waals surface area contributed by atoms with Crippen molar-refractivity contribution >= 4 is 29.6 Å². The summed E-state index contributed by atoms with van der Waals surface area (Å²) in [6, 6.07) is 0. The van der Waals surface area contributed by atoms with Crippen LogP contribution in [0, 0.1) is 5.92 Å². The third kappa shape index (κ3) is 24.0. The number of aliphatic imine (C=N–C) groups is 2. The molecule has 0 aromatic rings. The number of carbonyl (C=O) groups excluding carboxylic acids is 3. The fourth-order valence-electron chi connectivity index (χ4n) is 3.94. The van der Waals surface area contributed by atoms with Gasteiger partial charge >= 0.3 is 0 Å². The highest BCUT2D eigenvalue weighted by atomic mass is 16.2. The van der Waals surface area contributed by atoms with E-state index in [2.05, 4.69) is 39.8 Å². The summed E-state index contributed by atoms with van der Waals surface area (Å²) in [5, 5.41) is 9.16. The summed E-state index contributed by atoms with van der Waals surface area (Å²) < 4.78 is 0. The van der Waals surface area contributed by atoms with Gasteiger partial charge in [-0.2, -0.15) is 0 Å². The third-order valence-electron chi connectivity index (χ3n) is 6.30. The van der Waals surface area contributed by atoms with Crippen LogP contribution >= 0.6 is 0 Å². The summed E-state index contributed by atoms with van der Waals surface area (Å²) in [5.41, 5.74) is 21.4. The van der Waals surface area contributed by atoms with Gasteiger partial charge < -0.3 is 43.8 Å². The van der Waals surface area contributed by atoms with Crippen LogP contribution < -0.4 is 38.9 Å². The van der Waals surface area contributed by atoms with Crippen LogP contribution in [0.2, 0.25) is 0 Å². The molecule has 13 nitrogen and oxygen atoms in total. The zero-order valence-electron chi connectivity index (χ0n) is 24.9. The number of carbonyl (C=O) groups is 3. The number of nitrogens with two attached hydrogens (primary N) is 4. The van der Waals surface area contributed by atoms with Crippen molar-refractivity contribution in [1.82, 2.24) is 20.9 Å². The van der Waals surface area contributed by atoms with Crippen LogP contribution in [0.25, 0.3) is 0 Å². The molecule has 1 atom stereocenters. The molecule has 0 aliphatic heterocycles. The molecule has 0 bridgehead atoms. The molecule has 0 saturated carbocycles. The minimum atomic E-state index is -0.152. The van der Waals surface area contributed by atoms with Crippen LogP contribution in [0.1, 0.15) is 84.5 Å². The first-order chi connectivity index (χ1) is 19.1. The third-order valence-corrected chi connectivity index (χ3v) is 6.30. The molecular formula is C27H56N10O3. The second-order valence-corrected chi connectivity index (χ2v) is 10.1. The normalized spacial score (nSPS) is 11.3. The summed E-state index contributed by atoms with van der Waals surface area (Å²) in [5.74, 6) is 0.498. The van der Waals surface area contributed by atoms with Gasteiger partial charge in [-0.05, 0) is 51.1 Å². The molecule has 232 valence electrons. The number of hydrogen-bond acceptors (Lipinski definition) is 6. The van der Waals surface area contributed by atoms with Gasteiger partial charge in [0.15, 0.2) is 11.9 Å². The Morgan fingerprint density at radius 1 is 0.700 bits per heavy atom. The highest BCUT2D eigenvalue weighted by Crippen LogP contribution is 2.13. The molecule has 0 saturated heterocycles. The van der Waals surface area contributed by atoms with Crippen molar-refractivity contribution in [3.63, 3.8) is 0 Å². The molecule has 1 unspecified atom stereocenters. The van der Waals surface area contributed by atoms with Gasteiger partial charge in [0.05, 0.1) is 0 Å². The molecule has 0 radical (unpaired) electrons. The van der Waals surface area contributed by atoms with Crippen molar-refractivity contribution in [2.45, 2.75) is 84.5 Å². The molecule has 0 aromatic heterocycles. The largest absolute Gasteiger partial charge is 0.370 e. The predicted molar refractivity (Wildman–Crippen MR) is 162 cm³/mol. The molecule has 0 fully saturated rings. The average Bonchev–Trinajstić information content (AvgIpc) is 2.91. The van der Waals surface area contributed by atoms with Gasteiger partial charge in [-0.3, -0.25) is 24.4 Å². The lowest BCUT2D eigenvalue weighted by atomic mass is 9.99. The van der Waals surface area contributed by atoms with Crippen LogP contribution in [0.5, 0.6) is 0 Å². The first kappa shape index (κ1) is 36.9. The van der Waals surface area contributed by atoms with Gasteiger partial charge in [0.1, 0.15) is 0 Å². The molecule has 0 spiro atoms. The highest BCUT2D eigenvalue weighted by Gasteiger charge is 2.14. The summed E-state index contributed by atoms with van der Waals surface area (Å²) in [7, 11) is 0. The lowest BCUT2D eigenvalue weighted by molar-refractivity contribution is -0.133. The summed E-state index contributed by atoms with van der Waals surface area (Å²) >= 11 is 0. The number of nitrogens with one attached hydrogen (secondary N) is 3. The van der Waals surface area contributed by atoms with Gasteiger partial charge in [-0.25, -0.2) is 0 Å². The molecule has 3 amide bonds. The Labute approximate surface area is 240 Å². The van der Waals surface area contributed by atoms with E-state index in [-0.39, 0.29) is 42.5 Å². The van der Waals surface area contributed by atoms with E-state index < -0.39 is 0 Å². The van der Waals surface area contributed by atoms with Crippen molar-refractivity contribution in [1.29, 1.82) is 0 Å². The van der Waals surface area contributed by atoms with Crippen LogP contribution in [0.4, 0.5) is 0 Å². The van der Waals surface area contributed by atoms with E-state index in [4.69, 9.17) is 22.9 Å². The van der Waals surface area contributed by atoms with Crippen molar-refractivity contribution in [3.05, 3.63) is 0 Å². The summed E-state index contributed by atoms with van der Waals surface area (Å²) in [4.78, 5) is 46.4. The van der Waals surface area contributed by atoms with Gasteiger partial charge in [0.2, 0.25) is 17.7 Å². The van der Waals surface area contributed by atoms with E-state index in [9.17, 15) is 14.4 Å². The van der Waals surface area contributed by atoms with Gasteiger partial charge in [-0.1, -0.05) is 33.1 Å². The summed E-state index contributed by atoms with van der Waals surface area (Å²) in [6.07, 6.45) is 8.27. The van der Waals surface area contributed by atoms with Crippen LogP contribution in [0.15, 0.2) is 9.98 Å². The van der Waals surface area contributed by atoms with E-state index in [1.165, 1.54) is 19.3 Å². The average molecular weight is 569 g/mol. The minimum Gasteiger partial charge on any atom is -0.370 e. The van der Waals surface area contributed by atoms with E-state index in [0.717, 1.165) is 32.4 Å². The number of rotatable bonds is 25. The van der Waals surface area contributed by atoms with Crippen molar-refractivity contribution in [2.24, 2.45) is 38.8 Å². The quantitative estimate of drug-likeness (QED) is 0.0455. The van der Waals surface area contributed by atoms with Crippen molar-refractivity contribution < 1.29 is 14.4 Å². The fourth-order valence-corrected chi connectivity index (χ4v) is 3.94. The SMILES string of the molecule is CCCCC(C)CCC(=O)NCCCNCCCNC(=O)CCC(=O)N(CCCN=C(N)N)CCCN=C(N)N. The lowest BCUT2D eigenvalue weighted by Gasteiger charge is -2.22. The fraction of sp³-hybridized carbons (Fsp3) is 0.815. The number of guanidine groups is 2. The Bertz CT molecular complexity index is 729. The number of amides is 3. The second kappa shape index (κ2) is 24.9. The zero-order chi connectivity index (χ0) is 30.0. The van der Waals surface area contributed by atoms with Crippen molar-refractivity contribution in [3.8, 4) is 0 Å². The topological polar surface area (TPSA) is 219 Å². The Hall–Kier alpha value is -3.09. The maximum absolute atomic E-state index is 12.7. The minimum absolute atomic E-state index is 0.0134. The predicted octanol–water partition coefficient (Wildman–Crippen LogP) is 0.131. The standard InChI is InChI=1S/C27H56N10O3/c1-3-4-9-22(2)10-11-23(38)33-16-5-14-32-15-6-17-34-24(39)12-13-25(40)37(20-7-18-35-26(28)29)21-8-19-36-27(30)31/h22,32H,3-21H2,1-2H3,(H,33,38)(H,34,39)(H4,28,29,35)(H4,30,31,36). The molecule has 0 rings (SSSR count).